The SMILES string of the molecule is CC(CCCOC(=O)OCC(C)(C)C)OC(=O)c1cccc(Cl)c1. The minimum absolute atomic E-state index is 0.0952. The number of ether oxygens (including phenoxy) is 3. The van der Waals surface area contributed by atoms with Crippen molar-refractivity contribution in [3.05, 3.63) is 34.9 Å². The van der Waals surface area contributed by atoms with E-state index in [1.54, 1.807) is 31.2 Å². The van der Waals surface area contributed by atoms with Crippen molar-refractivity contribution in [1.29, 1.82) is 0 Å². The third-order valence-corrected chi connectivity index (χ3v) is 3.20. The van der Waals surface area contributed by atoms with Crippen LogP contribution in [-0.2, 0) is 14.2 Å². The van der Waals surface area contributed by atoms with E-state index in [4.69, 9.17) is 25.8 Å². The maximum absolute atomic E-state index is 11.9. The van der Waals surface area contributed by atoms with Gasteiger partial charge in [0.05, 0.1) is 24.9 Å². The first kappa shape index (κ1) is 20.3. The van der Waals surface area contributed by atoms with E-state index in [-0.39, 0.29) is 18.1 Å². The zero-order chi connectivity index (χ0) is 18.2. The summed E-state index contributed by atoms with van der Waals surface area (Å²) < 4.78 is 15.3. The molecule has 5 nitrogen and oxygen atoms in total. The zero-order valence-electron chi connectivity index (χ0n) is 14.6. The number of hydrogen-bond donors (Lipinski definition) is 0. The van der Waals surface area contributed by atoms with Crippen LogP contribution in [0.4, 0.5) is 4.79 Å². The molecule has 0 bridgehead atoms. The molecule has 0 N–H and O–H groups in total. The Morgan fingerprint density at radius 1 is 1.21 bits per heavy atom. The lowest BCUT2D eigenvalue weighted by Gasteiger charge is -2.17. The summed E-state index contributed by atoms with van der Waals surface area (Å²) >= 11 is 5.84. The van der Waals surface area contributed by atoms with E-state index >= 15 is 0 Å². The second-order valence-electron chi connectivity index (χ2n) is 6.82. The van der Waals surface area contributed by atoms with Crippen LogP contribution in [0.1, 0.15) is 50.9 Å². The molecule has 0 aliphatic carbocycles. The largest absolute Gasteiger partial charge is 0.508 e. The van der Waals surface area contributed by atoms with Gasteiger partial charge in [-0.2, -0.15) is 0 Å². The summed E-state index contributed by atoms with van der Waals surface area (Å²) in [6, 6.07) is 6.60. The summed E-state index contributed by atoms with van der Waals surface area (Å²) in [7, 11) is 0. The van der Waals surface area contributed by atoms with Gasteiger partial charge < -0.3 is 14.2 Å². The quantitative estimate of drug-likeness (QED) is 0.515. The van der Waals surface area contributed by atoms with Crippen LogP contribution >= 0.6 is 11.6 Å². The van der Waals surface area contributed by atoms with Crippen molar-refractivity contribution in [2.45, 2.75) is 46.6 Å². The molecule has 1 unspecified atom stereocenters. The molecule has 1 atom stereocenters. The van der Waals surface area contributed by atoms with Gasteiger partial charge in [-0.05, 0) is 43.4 Å². The average molecular weight is 357 g/mol. The summed E-state index contributed by atoms with van der Waals surface area (Å²) in [5.74, 6) is -0.421. The van der Waals surface area contributed by atoms with Crippen molar-refractivity contribution in [3.63, 3.8) is 0 Å². The van der Waals surface area contributed by atoms with E-state index in [9.17, 15) is 9.59 Å². The van der Waals surface area contributed by atoms with Gasteiger partial charge in [-0.1, -0.05) is 38.4 Å². The van der Waals surface area contributed by atoms with Gasteiger partial charge >= 0.3 is 12.1 Å². The Labute approximate surface area is 148 Å². The van der Waals surface area contributed by atoms with E-state index in [1.807, 2.05) is 20.8 Å². The number of rotatable bonds is 7. The number of carbonyl (C=O) groups excluding carboxylic acids is 2. The lowest BCUT2D eigenvalue weighted by atomic mass is 9.99. The molecule has 0 amide bonds. The molecular formula is C18H25ClO5. The average Bonchev–Trinajstić information content (AvgIpc) is 2.49. The molecule has 0 heterocycles. The van der Waals surface area contributed by atoms with Crippen LogP contribution in [0.2, 0.25) is 5.02 Å². The molecule has 0 aromatic heterocycles. The molecular weight excluding hydrogens is 332 g/mol. The molecule has 1 aromatic carbocycles. The van der Waals surface area contributed by atoms with Crippen LogP contribution in [-0.4, -0.2) is 31.4 Å². The molecule has 134 valence electrons. The third kappa shape index (κ3) is 8.77. The highest BCUT2D eigenvalue weighted by atomic mass is 35.5. The van der Waals surface area contributed by atoms with Gasteiger partial charge in [0.1, 0.15) is 0 Å². The molecule has 1 aromatic rings. The van der Waals surface area contributed by atoms with Crippen molar-refractivity contribution in [1.82, 2.24) is 0 Å². The molecule has 1 rings (SSSR count). The van der Waals surface area contributed by atoms with Crippen molar-refractivity contribution < 1.29 is 23.8 Å². The van der Waals surface area contributed by atoms with Crippen molar-refractivity contribution in [3.8, 4) is 0 Å². The minimum Gasteiger partial charge on any atom is -0.459 e. The molecule has 0 saturated carbocycles. The molecule has 0 radical (unpaired) electrons. The summed E-state index contributed by atoms with van der Waals surface area (Å²) in [5, 5.41) is 0.485. The first-order valence-electron chi connectivity index (χ1n) is 7.93. The van der Waals surface area contributed by atoms with Gasteiger partial charge in [-0.15, -0.1) is 0 Å². The zero-order valence-corrected chi connectivity index (χ0v) is 15.4. The lowest BCUT2D eigenvalue weighted by Crippen LogP contribution is -2.20. The lowest BCUT2D eigenvalue weighted by molar-refractivity contribution is 0.0218. The molecule has 0 saturated heterocycles. The Bertz CT molecular complexity index is 551. The minimum atomic E-state index is -0.673. The van der Waals surface area contributed by atoms with E-state index in [2.05, 4.69) is 0 Å². The van der Waals surface area contributed by atoms with Gasteiger partial charge in [0, 0.05) is 5.02 Å². The maximum Gasteiger partial charge on any atom is 0.508 e. The summed E-state index contributed by atoms with van der Waals surface area (Å²) in [4.78, 5) is 23.3. The van der Waals surface area contributed by atoms with Crippen LogP contribution in [0, 0.1) is 5.41 Å². The normalized spacial score (nSPS) is 12.4. The van der Waals surface area contributed by atoms with Gasteiger partial charge in [-0.3, -0.25) is 0 Å². The Morgan fingerprint density at radius 2 is 1.92 bits per heavy atom. The van der Waals surface area contributed by atoms with Crippen molar-refractivity contribution in [2.75, 3.05) is 13.2 Å². The highest BCUT2D eigenvalue weighted by Crippen LogP contribution is 2.14. The van der Waals surface area contributed by atoms with Gasteiger partial charge in [0.2, 0.25) is 0 Å². The number of carbonyl (C=O) groups is 2. The molecule has 0 aliphatic rings. The molecule has 0 spiro atoms. The number of benzene rings is 1. The fourth-order valence-corrected chi connectivity index (χ4v) is 1.96. The maximum atomic E-state index is 11.9. The highest BCUT2D eigenvalue weighted by molar-refractivity contribution is 6.30. The van der Waals surface area contributed by atoms with Gasteiger partial charge in [0.25, 0.3) is 0 Å². The molecule has 0 fully saturated rings. The summed E-state index contributed by atoms with van der Waals surface area (Å²) in [6.45, 7) is 8.23. The standard InChI is InChI=1S/C18H25ClO5/c1-13(24-16(20)14-8-5-9-15(19)11-14)7-6-10-22-17(21)23-12-18(2,3)4/h5,8-9,11,13H,6-7,10,12H2,1-4H3. The van der Waals surface area contributed by atoms with Crippen LogP contribution in [0.15, 0.2) is 24.3 Å². The first-order chi connectivity index (χ1) is 11.2. The van der Waals surface area contributed by atoms with Crippen LogP contribution < -0.4 is 0 Å². The van der Waals surface area contributed by atoms with E-state index in [1.165, 1.54) is 0 Å². The molecule has 0 aliphatic heterocycles. The second-order valence-corrected chi connectivity index (χ2v) is 7.25. The Morgan fingerprint density at radius 3 is 2.54 bits per heavy atom. The van der Waals surface area contributed by atoms with Crippen molar-refractivity contribution in [2.24, 2.45) is 5.41 Å². The number of esters is 1. The molecule has 6 heteroatoms. The monoisotopic (exact) mass is 356 g/mol. The smallest absolute Gasteiger partial charge is 0.459 e. The Balaban J connectivity index is 2.21. The van der Waals surface area contributed by atoms with Crippen molar-refractivity contribution >= 4 is 23.7 Å². The Kier molecular flexibility index (Phi) is 8.05. The fraction of sp³-hybridized carbons (Fsp3) is 0.556. The van der Waals surface area contributed by atoms with E-state index in [0.717, 1.165) is 0 Å². The predicted octanol–water partition coefficient (Wildman–Crippen LogP) is 4.86. The fourth-order valence-electron chi connectivity index (χ4n) is 1.77. The van der Waals surface area contributed by atoms with Crippen LogP contribution in [0.25, 0.3) is 0 Å². The second kappa shape index (κ2) is 9.52. The highest BCUT2D eigenvalue weighted by Gasteiger charge is 2.15. The third-order valence-electron chi connectivity index (χ3n) is 2.97. The van der Waals surface area contributed by atoms with E-state index in [0.29, 0.717) is 30.0 Å². The topological polar surface area (TPSA) is 61.8 Å². The first-order valence-corrected chi connectivity index (χ1v) is 8.31. The molecule has 24 heavy (non-hydrogen) atoms. The predicted molar refractivity (Wildman–Crippen MR) is 92.3 cm³/mol. The Hall–Kier alpha value is -1.75. The summed E-state index contributed by atoms with van der Waals surface area (Å²) in [5.41, 5.74) is 0.318. The van der Waals surface area contributed by atoms with Crippen LogP contribution in [0.3, 0.4) is 0 Å². The number of hydrogen-bond acceptors (Lipinski definition) is 5. The van der Waals surface area contributed by atoms with Gasteiger partial charge in [-0.25, -0.2) is 9.59 Å². The van der Waals surface area contributed by atoms with Crippen LogP contribution in [0.5, 0.6) is 0 Å². The van der Waals surface area contributed by atoms with Gasteiger partial charge in [0.15, 0.2) is 0 Å². The summed E-state index contributed by atoms with van der Waals surface area (Å²) in [6.07, 6.45) is 0.201. The van der Waals surface area contributed by atoms with E-state index < -0.39 is 12.1 Å². The number of halogens is 1.